The molecule has 0 saturated heterocycles. The van der Waals surface area contributed by atoms with Crippen LogP contribution < -0.4 is 11.1 Å². The fraction of sp³-hybridized carbons (Fsp3) is 0.308. The molecular weight excluding hydrogens is 246 g/mol. The summed E-state index contributed by atoms with van der Waals surface area (Å²) >= 11 is 0. The molecule has 0 spiro atoms. The Morgan fingerprint density at radius 3 is 2.58 bits per heavy atom. The highest BCUT2D eigenvalue weighted by atomic mass is 16.5. The number of ether oxygens (including phenoxy) is 1. The number of nitrogens with two attached hydrogens (primary N) is 1. The lowest BCUT2D eigenvalue weighted by molar-refractivity contribution is -0.147. The van der Waals surface area contributed by atoms with Crippen LogP contribution in [-0.2, 0) is 14.3 Å². The summed E-state index contributed by atoms with van der Waals surface area (Å²) in [7, 11) is 0. The molecule has 1 aliphatic heterocycles. The van der Waals surface area contributed by atoms with E-state index in [9.17, 15) is 9.59 Å². The first-order valence-electron chi connectivity index (χ1n) is 5.98. The predicted molar refractivity (Wildman–Crippen MR) is 69.4 cm³/mol. The Hall–Kier alpha value is -2.37. The van der Waals surface area contributed by atoms with Crippen molar-refractivity contribution in [2.24, 2.45) is 10.7 Å². The van der Waals surface area contributed by atoms with Crippen LogP contribution >= 0.6 is 0 Å². The molecular formula is C13H15N3O3. The molecule has 2 atom stereocenters. The third-order valence-corrected chi connectivity index (χ3v) is 2.68. The Kier molecular flexibility index (Phi) is 3.79. The molecule has 0 aliphatic carbocycles. The Labute approximate surface area is 110 Å². The molecule has 0 radical (unpaired) electrons. The van der Waals surface area contributed by atoms with Gasteiger partial charge in [-0.05, 0) is 12.5 Å². The summed E-state index contributed by atoms with van der Waals surface area (Å²) in [5.74, 6) is -0.603. The number of aliphatic imine (C=N–C) groups is 1. The van der Waals surface area contributed by atoms with Gasteiger partial charge in [-0.3, -0.25) is 4.79 Å². The van der Waals surface area contributed by atoms with E-state index in [4.69, 9.17) is 10.5 Å². The minimum Gasteiger partial charge on any atom is -0.464 e. The van der Waals surface area contributed by atoms with E-state index in [1.807, 2.05) is 6.07 Å². The molecule has 0 bridgehead atoms. The van der Waals surface area contributed by atoms with Crippen molar-refractivity contribution in [3.05, 3.63) is 35.9 Å². The van der Waals surface area contributed by atoms with Crippen molar-refractivity contribution in [3.8, 4) is 0 Å². The van der Waals surface area contributed by atoms with Gasteiger partial charge in [-0.2, -0.15) is 0 Å². The molecule has 2 unspecified atom stereocenters. The van der Waals surface area contributed by atoms with E-state index in [1.165, 1.54) is 0 Å². The van der Waals surface area contributed by atoms with E-state index in [0.29, 0.717) is 5.56 Å². The zero-order chi connectivity index (χ0) is 13.8. The van der Waals surface area contributed by atoms with Crippen LogP contribution in [0.4, 0.5) is 0 Å². The highest BCUT2D eigenvalue weighted by molar-refractivity contribution is 6.16. The van der Waals surface area contributed by atoms with Gasteiger partial charge in [-0.15, -0.1) is 0 Å². The summed E-state index contributed by atoms with van der Waals surface area (Å²) in [5.41, 5.74) is 6.05. The van der Waals surface area contributed by atoms with Crippen LogP contribution in [0, 0.1) is 0 Å². The van der Waals surface area contributed by atoms with Crippen molar-refractivity contribution in [1.82, 2.24) is 5.32 Å². The van der Waals surface area contributed by atoms with E-state index in [0.717, 1.165) is 0 Å². The lowest BCUT2D eigenvalue weighted by atomic mass is 10.1. The minimum absolute atomic E-state index is 0.250. The summed E-state index contributed by atoms with van der Waals surface area (Å²) < 4.78 is 4.96. The molecule has 6 nitrogen and oxygen atoms in total. The van der Waals surface area contributed by atoms with Gasteiger partial charge in [0.15, 0.2) is 12.1 Å². The number of nitrogens with one attached hydrogen (secondary N) is 1. The molecule has 19 heavy (non-hydrogen) atoms. The van der Waals surface area contributed by atoms with Gasteiger partial charge in [0.25, 0.3) is 5.91 Å². The summed E-state index contributed by atoms with van der Waals surface area (Å²) in [6, 6.07) is 7.43. The zero-order valence-electron chi connectivity index (χ0n) is 10.5. The number of carbonyl (C=O) groups is 2. The second kappa shape index (κ2) is 5.51. The van der Waals surface area contributed by atoms with Gasteiger partial charge < -0.3 is 15.8 Å². The van der Waals surface area contributed by atoms with Gasteiger partial charge in [0, 0.05) is 0 Å². The molecule has 6 heteroatoms. The maximum absolute atomic E-state index is 11.9. The van der Waals surface area contributed by atoms with Crippen molar-refractivity contribution >= 4 is 17.7 Å². The number of nitrogens with zero attached hydrogens (tertiary/aromatic N) is 1. The van der Waals surface area contributed by atoms with Gasteiger partial charge >= 0.3 is 5.97 Å². The number of esters is 1. The quantitative estimate of drug-likeness (QED) is 0.737. The van der Waals surface area contributed by atoms with Gasteiger partial charge in [0.05, 0.1) is 6.61 Å². The molecule has 1 aromatic rings. The summed E-state index contributed by atoms with van der Waals surface area (Å²) in [6.07, 6.45) is 0. The van der Waals surface area contributed by atoms with Crippen LogP contribution in [0.25, 0.3) is 0 Å². The van der Waals surface area contributed by atoms with E-state index < -0.39 is 18.1 Å². The first-order chi connectivity index (χ1) is 9.13. The van der Waals surface area contributed by atoms with Gasteiger partial charge in [-0.25, -0.2) is 9.79 Å². The maximum Gasteiger partial charge on any atom is 0.333 e. The summed E-state index contributed by atoms with van der Waals surface area (Å²) in [4.78, 5) is 27.4. The Bertz CT molecular complexity index is 513. The average Bonchev–Trinajstić information content (AvgIpc) is 3.14. The molecule has 3 N–H and O–H groups in total. The molecule has 0 fully saturated rings. The van der Waals surface area contributed by atoms with Crippen LogP contribution in [0.15, 0.2) is 35.3 Å². The van der Waals surface area contributed by atoms with E-state index in [-0.39, 0.29) is 18.3 Å². The van der Waals surface area contributed by atoms with Crippen molar-refractivity contribution in [1.29, 1.82) is 0 Å². The second-order valence-corrected chi connectivity index (χ2v) is 4.06. The highest BCUT2D eigenvalue weighted by Gasteiger charge is 2.35. The second-order valence-electron chi connectivity index (χ2n) is 4.06. The fourth-order valence-electron chi connectivity index (χ4n) is 1.68. The molecule has 100 valence electrons. The number of carbonyl (C=O) groups excluding carboxylic acids is 2. The number of benzene rings is 1. The molecule has 1 amide bonds. The van der Waals surface area contributed by atoms with Crippen LogP contribution in [0.5, 0.6) is 0 Å². The number of hydrogen-bond acceptors (Lipinski definition) is 5. The first-order valence-corrected chi connectivity index (χ1v) is 5.98. The van der Waals surface area contributed by atoms with Gasteiger partial charge in [0.1, 0.15) is 5.84 Å². The fourth-order valence-corrected chi connectivity index (χ4v) is 1.68. The lowest BCUT2D eigenvalue weighted by Crippen LogP contribution is -2.39. The van der Waals surface area contributed by atoms with Crippen LogP contribution in [0.3, 0.4) is 0 Å². The highest BCUT2D eigenvalue weighted by Crippen LogP contribution is 2.16. The van der Waals surface area contributed by atoms with E-state index in [2.05, 4.69) is 10.3 Å². The van der Waals surface area contributed by atoms with E-state index >= 15 is 0 Å². The van der Waals surface area contributed by atoms with Gasteiger partial charge in [0.2, 0.25) is 0 Å². The van der Waals surface area contributed by atoms with Crippen molar-refractivity contribution in [2.75, 3.05) is 6.61 Å². The van der Waals surface area contributed by atoms with Gasteiger partial charge in [-0.1, -0.05) is 30.3 Å². The van der Waals surface area contributed by atoms with Crippen molar-refractivity contribution < 1.29 is 14.3 Å². The first kappa shape index (κ1) is 13.1. The molecule has 1 aliphatic rings. The topological polar surface area (TPSA) is 93.8 Å². The lowest BCUT2D eigenvalue weighted by Gasteiger charge is -2.17. The molecule has 2 rings (SSSR count). The normalized spacial score (nSPS) is 18.2. The SMILES string of the molecule is CCOC(=O)C(NC(=O)C1N=C1N)c1ccccc1. The number of amidine groups is 1. The van der Waals surface area contributed by atoms with E-state index in [1.54, 1.807) is 31.2 Å². The predicted octanol–water partition coefficient (Wildman–Crippen LogP) is 0.146. The number of rotatable bonds is 5. The maximum atomic E-state index is 11.9. The molecule has 1 aromatic carbocycles. The average molecular weight is 261 g/mol. The van der Waals surface area contributed by atoms with Crippen LogP contribution in [-0.4, -0.2) is 30.4 Å². The van der Waals surface area contributed by atoms with Crippen molar-refractivity contribution in [3.63, 3.8) is 0 Å². The molecule has 0 aromatic heterocycles. The third kappa shape index (κ3) is 3.09. The molecule has 1 heterocycles. The summed E-state index contributed by atoms with van der Waals surface area (Å²) in [5, 5.41) is 2.60. The third-order valence-electron chi connectivity index (χ3n) is 2.68. The smallest absolute Gasteiger partial charge is 0.333 e. The van der Waals surface area contributed by atoms with Crippen LogP contribution in [0.2, 0.25) is 0 Å². The standard InChI is InChI=1S/C13H15N3O3/c1-2-19-13(18)9(8-6-4-3-5-7-8)16-12(17)10-11(14)15-10/h3-7,9-10H,2H2,1H3,(H2,14,15)(H,16,17). The monoisotopic (exact) mass is 261 g/mol. The Balaban J connectivity index is 2.10. The minimum atomic E-state index is -0.836. The summed E-state index contributed by atoms with van der Waals surface area (Å²) in [6.45, 7) is 1.96. The zero-order valence-corrected chi connectivity index (χ0v) is 10.5. The Morgan fingerprint density at radius 1 is 1.42 bits per heavy atom. The van der Waals surface area contributed by atoms with Crippen molar-refractivity contribution in [2.45, 2.75) is 19.0 Å². The van der Waals surface area contributed by atoms with Crippen LogP contribution in [0.1, 0.15) is 18.5 Å². The largest absolute Gasteiger partial charge is 0.464 e. The number of hydrogen-bond donors (Lipinski definition) is 2. The number of amides is 1. The Morgan fingerprint density at radius 2 is 2.05 bits per heavy atom. The molecule has 0 saturated carbocycles.